The smallest absolute Gasteiger partial charge is 0.251 e. The third-order valence-corrected chi connectivity index (χ3v) is 5.17. The van der Waals surface area contributed by atoms with Crippen molar-refractivity contribution in [2.24, 2.45) is 0 Å². The molecular weight excluding hydrogens is 398 g/mol. The summed E-state index contributed by atoms with van der Waals surface area (Å²) in [6.07, 6.45) is 0. The lowest BCUT2D eigenvalue weighted by Gasteiger charge is -2.07. The van der Waals surface area contributed by atoms with Crippen LogP contribution in [0.1, 0.15) is 34.2 Å². The van der Waals surface area contributed by atoms with E-state index in [1.807, 2.05) is 67.8 Å². The Balaban J connectivity index is 1.69. The van der Waals surface area contributed by atoms with Crippen LogP contribution in [0.15, 0.2) is 48.5 Å². The van der Waals surface area contributed by atoms with Crippen molar-refractivity contribution in [1.82, 2.24) is 19.7 Å². The van der Waals surface area contributed by atoms with Crippen LogP contribution in [0.2, 0.25) is 0 Å². The summed E-state index contributed by atoms with van der Waals surface area (Å²) in [7, 11) is 0. The first-order valence-electron chi connectivity index (χ1n) is 9.76. The van der Waals surface area contributed by atoms with Gasteiger partial charge >= 0.3 is 0 Å². The van der Waals surface area contributed by atoms with Crippen molar-refractivity contribution in [3.05, 3.63) is 75.8 Å². The predicted octanol–water partition coefficient (Wildman–Crippen LogP) is 3.62. The number of hydrogen-bond donors (Lipinski definition) is 2. The van der Waals surface area contributed by atoms with Crippen LogP contribution in [0, 0.1) is 18.6 Å². The summed E-state index contributed by atoms with van der Waals surface area (Å²) in [6, 6.07) is 15.0. The highest BCUT2D eigenvalue weighted by Gasteiger charge is 2.14. The van der Waals surface area contributed by atoms with Gasteiger partial charge < -0.3 is 15.2 Å². The van der Waals surface area contributed by atoms with E-state index in [1.54, 1.807) is 6.07 Å². The Bertz CT molecular complexity index is 1120. The first-order chi connectivity index (χ1) is 14.4. The van der Waals surface area contributed by atoms with Crippen LogP contribution in [-0.4, -0.2) is 26.2 Å². The molecule has 0 aliphatic heterocycles. The van der Waals surface area contributed by atoms with Gasteiger partial charge in [0.2, 0.25) is 5.91 Å². The van der Waals surface area contributed by atoms with E-state index in [-0.39, 0.29) is 24.9 Å². The van der Waals surface area contributed by atoms with E-state index in [9.17, 15) is 9.59 Å². The van der Waals surface area contributed by atoms with Crippen molar-refractivity contribution in [1.29, 1.82) is 0 Å². The molecule has 1 heterocycles. The van der Waals surface area contributed by atoms with Gasteiger partial charge in [-0.05, 0) is 56.8 Å². The molecule has 0 bridgehead atoms. The maximum absolute atomic E-state index is 12.5. The highest BCUT2D eigenvalue weighted by atomic mass is 32.1. The minimum Gasteiger partial charge on any atom is -0.345 e. The van der Waals surface area contributed by atoms with Gasteiger partial charge in [-0.15, -0.1) is 0 Å². The first kappa shape index (κ1) is 21.4. The summed E-state index contributed by atoms with van der Waals surface area (Å²) < 4.78 is 3.74. The van der Waals surface area contributed by atoms with Gasteiger partial charge in [0, 0.05) is 17.8 Å². The van der Waals surface area contributed by atoms with E-state index in [0.717, 1.165) is 16.8 Å². The van der Waals surface area contributed by atoms with Crippen molar-refractivity contribution in [2.75, 3.05) is 5.32 Å². The Morgan fingerprint density at radius 3 is 2.43 bits per heavy atom. The van der Waals surface area contributed by atoms with Gasteiger partial charge in [-0.3, -0.25) is 9.59 Å². The maximum atomic E-state index is 12.5. The molecular formula is C22H25N5O2S. The quantitative estimate of drug-likeness (QED) is 0.569. The average molecular weight is 424 g/mol. The van der Waals surface area contributed by atoms with Gasteiger partial charge in [0.25, 0.3) is 5.91 Å². The molecule has 0 unspecified atom stereocenters. The number of carbonyl (C=O) groups excluding carboxylic acids is 2. The van der Waals surface area contributed by atoms with E-state index < -0.39 is 0 Å². The van der Waals surface area contributed by atoms with E-state index in [2.05, 4.69) is 15.7 Å². The lowest BCUT2D eigenvalue weighted by Crippen LogP contribution is -2.25. The normalized spacial score (nSPS) is 10.6. The molecule has 3 aromatic rings. The lowest BCUT2D eigenvalue weighted by atomic mass is 10.1. The zero-order chi connectivity index (χ0) is 21.7. The zero-order valence-corrected chi connectivity index (χ0v) is 18.1. The third kappa shape index (κ3) is 5.01. The minimum atomic E-state index is -0.216. The molecule has 156 valence electrons. The van der Waals surface area contributed by atoms with Gasteiger partial charge in [-0.25, -0.2) is 4.68 Å². The molecule has 0 saturated carbocycles. The minimum absolute atomic E-state index is 0.00154. The van der Waals surface area contributed by atoms with Crippen LogP contribution in [0.5, 0.6) is 0 Å². The SMILES string of the molecule is CCn1c(CNC(=O)c2ccccc2C)nn(CC(=O)Nc2ccc(C)cc2)c1=S. The van der Waals surface area contributed by atoms with E-state index in [0.29, 0.717) is 22.7 Å². The highest BCUT2D eigenvalue weighted by molar-refractivity contribution is 7.71. The molecule has 0 aliphatic rings. The fraction of sp³-hybridized carbons (Fsp3) is 0.273. The summed E-state index contributed by atoms with van der Waals surface area (Å²) in [5, 5.41) is 10.2. The summed E-state index contributed by atoms with van der Waals surface area (Å²) >= 11 is 5.48. The molecule has 0 fully saturated rings. The number of rotatable bonds is 7. The van der Waals surface area contributed by atoms with Crippen molar-refractivity contribution >= 4 is 29.7 Å². The molecule has 8 heteroatoms. The summed E-state index contributed by atoms with van der Waals surface area (Å²) in [5.41, 5.74) is 3.36. The van der Waals surface area contributed by atoms with Crippen LogP contribution in [0.4, 0.5) is 5.69 Å². The maximum Gasteiger partial charge on any atom is 0.251 e. The summed E-state index contributed by atoms with van der Waals surface area (Å²) in [4.78, 5) is 24.9. The van der Waals surface area contributed by atoms with Crippen LogP contribution in [0.25, 0.3) is 0 Å². The number of anilines is 1. The number of aryl methyl sites for hydroxylation is 2. The van der Waals surface area contributed by atoms with Crippen LogP contribution >= 0.6 is 12.2 Å². The van der Waals surface area contributed by atoms with Gasteiger partial charge in [0.15, 0.2) is 10.6 Å². The molecule has 2 aromatic carbocycles. The fourth-order valence-electron chi connectivity index (χ4n) is 3.09. The van der Waals surface area contributed by atoms with E-state index in [1.165, 1.54) is 4.68 Å². The Hall–Kier alpha value is -3.26. The predicted molar refractivity (Wildman–Crippen MR) is 119 cm³/mol. The topological polar surface area (TPSA) is 81.0 Å². The lowest BCUT2D eigenvalue weighted by molar-refractivity contribution is -0.116. The number of benzene rings is 2. The zero-order valence-electron chi connectivity index (χ0n) is 17.3. The number of nitrogens with one attached hydrogen (secondary N) is 2. The number of carbonyl (C=O) groups is 2. The molecule has 0 aliphatic carbocycles. The number of aromatic nitrogens is 3. The number of hydrogen-bond acceptors (Lipinski definition) is 4. The standard InChI is InChI=1S/C22H25N5O2S/c1-4-26-19(13-23-21(29)18-8-6-5-7-16(18)3)25-27(22(26)30)14-20(28)24-17-11-9-15(2)10-12-17/h5-12H,4,13-14H2,1-3H3,(H,23,29)(H,24,28). The molecule has 7 nitrogen and oxygen atoms in total. The van der Waals surface area contributed by atoms with Crippen molar-refractivity contribution < 1.29 is 9.59 Å². The van der Waals surface area contributed by atoms with Crippen LogP contribution < -0.4 is 10.6 Å². The Labute approximate surface area is 180 Å². The largest absolute Gasteiger partial charge is 0.345 e. The second kappa shape index (κ2) is 9.49. The molecule has 3 rings (SSSR count). The average Bonchev–Trinajstić information content (AvgIpc) is 3.02. The van der Waals surface area contributed by atoms with Gasteiger partial charge in [-0.2, -0.15) is 5.10 Å². The fourth-order valence-corrected chi connectivity index (χ4v) is 3.43. The van der Waals surface area contributed by atoms with E-state index in [4.69, 9.17) is 12.2 Å². The Morgan fingerprint density at radius 2 is 1.77 bits per heavy atom. The Morgan fingerprint density at radius 1 is 1.07 bits per heavy atom. The molecule has 0 radical (unpaired) electrons. The third-order valence-electron chi connectivity index (χ3n) is 4.74. The van der Waals surface area contributed by atoms with Crippen molar-refractivity contribution in [3.63, 3.8) is 0 Å². The molecule has 0 atom stereocenters. The van der Waals surface area contributed by atoms with Crippen LogP contribution in [-0.2, 0) is 24.4 Å². The second-order valence-corrected chi connectivity index (χ2v) is 7.38. The number of amides is 2. The Kier molecular flexibility index (Phi) is 6.79. The summed E-state index contributed by atoms with van der Waals surface area (Å²) in [6.45, 7) is 6.64. The van der Waals surface area contributed by atoms with Crippen molar-refractivity contribution in [2.45, 2.75) is 40.4 Å². The molecule has 2 N–H and O–H groups in total. The van der Waals surface area contributed by atoms with Crippen molar-refractivity contribution in [3.8, 4) is 0 Å². The molecule has 30 heavy (non-hydrogen) atoms. The molecule has 0 saturated heterocycles. The van der Waals surface area contributed by atoms with E-state index >= 15 is 0 Å². The van der Waals surface area contributed by atoms with Gasteiger partial charge in [0.05, 0.1) is 6.54 Å². The first-order valence-corrected chi connectivity index (χ1v) is 10.2. The summed E-state index contributed by atoms with van der Waals surface area (Å²) in [5.74, 6) is 0.215. The molecule has 2 amide bonds. The van der Waals surface area contributed by atoms with Gasteiger partial charge in [0.1, 0.15) is 6.54 Å². The second-order valence-electron chi connectivity index (χ2n) is 7.01. The number of nitrogens with zero attached hydrogens (tertiary/aromatic N) is 3. The van der Waals surface area contributed by atoms with Gasteiger partial charge in [-0.1, -0.05) is 35.9 Å². The molecule has 0 spiro atoms. The molecule has 1 aromatic heterocycles. The highest BCUT2D eigenvalue weighted by Crippen LogP contribution is 2.10. The monoisotopic (exact) mass is 423 g/mol. The van der Waals surface area contributed by atoms with Crippen LogP contribution in [0.3, 0.4) is 0 Å².